The topological polar surface area (TPSA) is 48.3 Å². The highest BCUT2D eigenvalue weighted by atomic mass is 15.3. The molecule has 4 heteroatoms. The lowest BCUT2D eigenvalue weighted by Gasteiger charge is -2.39. The molecule has 1 unspecified atom stereocenters. The van der Waals surface area contributed by atoms with Gasteiger partial charge in [-0.15, -0.1) is 0 Å². The van der Waals surface area contributed by atoms with Gasteiger partial charge in [0.1, 0.15) is 0 Å². The molecule has 19 heavy (non-hydrogen) atoms. The SMILES string of the molecule is CN1CCN(Cc2c[nH]c3ccccc23)C(CN)C1. The minimum absolute atomic E-state index is 0.465. The first kappa shape index (κ1) is 12.7. The van der Waals surface area contributed by atoms with Gasteiger partial charge in [-0.25, -0.2) is 0 Å². The van der Waals surface area contributed by atoms with E-state index < -0.39 is 0 Å². The van der Waals surface area contributed by atoms with Crippen molar-refractivity contribution in [2.75, 3.05) is 33.2 Å². The molecule has 3 N–H and O–H groups in total. The molecule has 2 aromatic rings. The number of hydrogen-bond acceptors (Lipinski definition) is 3. The zero-order chi connectivity index (χ0) is 13.2. The lowest BCUT2D eigenvalue weighted by Crippen LogP contribution is -2.54. The summed E-state index contributed by atoms with van der Waals surface area (Å²) in [4.78, 5) is 8.22. The van der Waals surface area contributed by atoms with Crippen molar-refractivity contribution in [3.05, 3.63) is 36.0 Å². The molecule has 1 aromatic carbocycles. The number of piperazine rings is 1. The Morgan fingerprint density at radius 2 is 2.16 bits per heavy atom. The number of fused-ring (bicyclic) bond motifs is 1. The quantitative estimate of drug-likeness (QED) is 0.871. The Morgan fingerprint density at radius 3 is 3.00 bits per heavy atom. The Kier molecular flexibility index (Phi) is 3.55. The molecule has 0 spiro atoms. The van der Waals surface area contributed by atoms with Gasteiger partial charge in [-0.2, -0.15) is 0 Å². The van der Waals surface area contributed by atoms with Crippen LogP contribution in [-0.2, 0) is 6.54 Å². The highest BCUT2D eigenvalue weighted by Gasteiger charge is 2.24. The number of nitrogens with one attached hydrogen (secondary N) is 1. The molecule has 1 aliphatic heterocycles. The molecular weight excluding hydrogens is 236 g/mol. The fourth-order valence-corrected chi connectivity index (χ4v) is 2.96. The lowest BCUT2D eigenvalue weighted by molar-refractivity contribution is 0.0884. The maximum absolute atomic E-state index is 5.92. The van der Waals surface area contributed by atoms with Gasteiger partial charge in [0.05, 0.1) is 0 Å². The number of aromatic amines is 1. The average molecular weight is 258 g/mol. The fourth-order valence-electron chi connectivity index (χ4n) is 2.96. The largest absolute Gasteiger partial charge is 0.361 e. The van der Waals surface area contributed by atoms with E-state index in [4.69, 9.17) is 5.73 Å². The minimum Gasteiger partial charge on any atom is -0.361 e. The second kappa shape index (κ2) is 5.33. The molecule has 0 aliphatic carbocycles. The summed E-state index contributed by atoms with van der Waals surface area (Å²) in [6.07, 6.45) is 2.14. The highest BCUT2D eigenvalue weighted by molar-refractivity contribution is 5.82. The monoisotopic (exact) mass is 258 g/mol. The average Bonchev–Trinajstić information content (AvgIpc) is 2.84. The van der Waals surface area contributed by atoms with Crippen LogP contribution in [0.4, 0.5) is 0 Å². The van der Waals surface area contributed by atoms with Crippen molar-refractivity contribution >= 4 is 10.9 Å². The third kappa shape index (κ3) is 2.52. The molecule has 1 atom stereocenters. The van der Waals surface area contributed by atoms with Crippen LogP contribution in [0, 0.1) is 0 Å². The summed E-state index contributed by atoms with van der Waals surface area (Å²) in [5.41, 5.74) is 8.51. The minimum atomic E-state index is 0.465. The molecule has 102 valence electrons. The zero-order valence-electron chi connectivity index (χ0n) is 11.5. The summed E-state index contributed by atoms with van der Waals surface area (Å²) in [6, 6.07) is 8.95. The summed E-state index contributed by atoms with van der Waals surface area (Å²) in [5, 5.41) is 1.33. The van der Waals surface area contributed by atoms with Gasteiger partial charge in [0.15, 0.2) is 0 Å². The van der Waals surface area contributed by atoms with Gasteiger partial charge in [-0.3, -0.25) is 4.90 Å². The molecule has 0 amide bonds. The molecule has 1 aliphatic rings. The van der Waals surface area contributed by atoms with Crippen molar-refractivity contribution in [3.8, 4) is 0 Å². The van der Waals surface area contributed by atoms with Crippen molar-refractivity contribution < 1.29 is 0 Å². The number of rotatable bonds is 3. The summed E-state index contributed by atoms with van der Waals surface area (Å²) < 4.78 is 0. The fraction of sp³-hybridized carbons (Fsp3) is 0.467. The van der Waals surface area contributed by atoms with Crippen LogP contribution in [0.25, 0.3) is 10.9 Å². The molecular formula is C15H22N4. The van der Waals surface area contributed by atoms with E-state index in [1.165, 1.54) is 16.5 Å². The summed E-state index contributed by atoms with van der Waals surface area (Å²) in [6.45, 7) is 5.00. The number of benzene rings is 1. The smallest absolute Gasteiger partial charge is 0.0457 e. The molecule has 1 saturated heterocycles. The van der Waals surface area contributed by atoms with Gasteiger partial charge in [0.25, 0.3) is 0 Å². The second-order valence-corrected chi connectivity index (χ2v) is 5.48. The van der Waals surface area contributed by atoms with Crippen LogP contribution in [0.3, 0.4) is 0 Å². The lowest BCUT2D eigenvalue weighted by atomic mass is 10.1. The highest BCUT2D eigenvalue weighted by Crippen LogP contribution is 2.21. The Hall–Kier alpha value is -1.36. The van der Waals surface area contributed by atoms with E-state index in [1.54, 1.807) is 0 Å². The Balaban J connectivity index is 1.80. The standard InChI is InChI=1S/C15H22N4/c1-18-6-7-19(13(8-16)11-18)10-12-9-17-15-5-3-2-4-14(12)15/h2-5,9,13,17H,6-8,10-11,16H2,1H3. The van der Waals surface area contributed by atoms with E-state index in [1.807, 2.05) is 0 Å². The van der Waals surface area contributed by atoms with E-state index in [-0.39, 0.29) is 0 Å². The van der Waals surface area contributed by atoms with E-state index in [9.17, 15) is 0 Å². The predicted molar refractivity (Wildman–Crippen MR) is 79.0 cm³/mol. The van der Waals surface area contributed by atoms with Crippen LogP contribution in [0.15, 0.2) is 30.5 Å². The number of nitrogens with two attached hydrogens (primary N) is 1. The van der Waals surface area contributed by atoms with Gasteiger partial charge in [-0.05, 0) is 18.7 Å². The van der Waals surface area contributed by atoms with Gasteiger partial charge >= 0.3 is 0 Å². The number of nitrogens with zero attached hydrogens (tertiary/aromatic N) is 2. The summed E-state index contributed by atoms with van der Waals surface area (Å²) >= 11 is 0. The number of hydrogen-bond donors (Lipinski definition) is 2. The molecule has 0 saturated carbocycles. The van der Waals surface area contributed by atoms with Crippen LogP contribution in [0.2, 0.25) is 0 Å². The Morgan fingerprint density at radius 1 is 1.32 bits per heavy atom. The molecule has 0 bridgehead atoms. The predicted octanol–water partition coefficient (Wildman–Crippen LogP) is 1.24. The number of aromatic nitrogens is 1. The van der Waals surface area contributed by atoms with Crippen LogP contribution in [-0.4, -0.2) is 54.1 Å². The normalized spacial score (nSPS) is 22.1. The molecule has 2 heterocycles. The first-order chi connectivity index (χ1) is 9.28. The number of H-pyrrole nitrogens is 1. The Bertz CT molecular complexity index is 548. The van der Waals surface area contributed by atoms with E-state index in [2.05, 4.69) is 52.3 Å². The maximum Gasteiger partial charge on any atom is 0.0457 e. The van der Waals surface area contributed by atoms with Crippen LogP contribution >= 0.6 is 0 Å². The molecule has 3 rings (SSSR count). The van der Waals surface area contributed by atoms with E-state index in [0.717, 1.165) is 32.7 Å². The molecule has 1 aromatic heterocycles. The summed E-state index contributed by atoms with van der Waals surface area (Å²) in [7, 11) is 2.17. The van der Waals surface area contributed by atoms with E-state index in [0.29, 0.717) is 6.04 Å². The third-order valence-corrected chi connectivity index (χ3v) is 4.13. The first-order valence-electron chi connectivity index (χ1n) is 6.95. The Labute approximate surface area is 114 Å². The second-order valence-electron chi connectivity index (χ2n) is 5.48. The van der Waals surface area contributed by atoms with Crippen molar-refractivity contribution in [1.82, 2.24) is 14.8 Å². The maximum atomic E-state index is 5.92. The van der Waals surface area contributed by atoms with Crippen molar-refractivity contribution in [2.24, 2.45) is 5.73 Å². The van der Waals surface area contributed by atoms with Gasteiger partial charge < -0.3 is 15.6 Å². The summed E-state index contributed by atoms with van der Waals surface area (Å²) in [5.74, 6) is 0. The zero-order valence-corrected chi connectivity index (χ0v) is 11.5. The van der Waals surface area contributed by atoms with Crippen molar-refractivity contribution in [2.45, 2.75) is 12.6 Å². The number of likely N-dealkylation sites (N-methyl/N-ethyl adjacent to an activating group) is 1. The van der Waals surface area contributed by atoms with Gasteiger partial charge in [-0.1, -0.05) is 18.2 Å². The van der Waals surface area contributed by atoms with Gasteiger partial charge in [0.2, 0.25) is 0 Å². The number of para-hydroxylation sites is 1. The molecule has 1 fully saturated rings. The van der Waals surface area contributed by atoms with Crippen molar-refractivity contribution in [1.29, 1.82) is 0 Å². The third-order valence-electron chi connectivity index (χ3n) is 4.13. The van der Waals surface area contributed by atoms with Crippen LogP contribution < -0.4 is 5.73 Å². The van der Waals surface area contributed by atoms with Crippen molar-refractivity contribution in [3.63, 3.8) is 0 Å². The molecule has 4 nitrogen and oxygen atoms in total. The molecule has 0 radical (unpaired) electrons. The first-order valence-corrected chi connectivity index (χ1v) is 6.95. The van der Waals surface area contributed by atoms with Crippen LogP contribution in [0.1, 0.15) is 5.56 Å². The van der Waals surface area contributed by atoms with Gasteiger partial charge in [0, 0.05) is 55.9 Å². The van der Waals surface area contributed by atoms with Crippen LogP contribution in [0.5, 0.6) is 0 Å². The van der Waals surface area contributed by atoms with E-state index >= 15 is 0 Å².